The number of furan rings is 1. The molecule has 0 radical (unpaired) electrons. The Hall–Kier alpha value is -2.97. The van der Waals surface area contributed by atoms with Gasteiger partial charge in [-0.25, -0.2) is 0 Å². The molecule has 0 atom stereocenters. The van der Waals surface area contributed by atoms with Gasteiger partial charge >= 0.3 is 6.61 Å². The fourth-order valence-corrected chi connectivity index (χ4v) is 2.77. The number of nitrogens with zero attached hydrogens (tertiary/aromatic N) is 1. The molecule has 146 valence electrons. The fourth-order valence-electron chi connectivity index (χ4n) is 2.60. The Balaban J connectivity index is 1.60. The van der Waals surface area contributed by atoms with Gasteiger partial charge in [-0.1, -0.05) is 23.7 Å². The number of ether oxygens (including phenoxy) is 1. The van der Waals surface area contributed by atoms with Crippen molar-refractivity contribution in [3.63, 3.8) is 0 Å². The number of rotatable bonds is 8. The minimum absolute atomic E-state index is 0.0963. The Labute approximate surface area is 163 Å². The van der Waals surface area contributed by atoms with Crippen molar-refractivity contribution >= 4 is 17.3 Å². The van der Waals surface area contributed by atoms with Crippen LogP contribution in [0.2, 0.25) is 5.02 Å². The molecule has 0 fully saturated rings. The predicted octanol–water partition coefficient (Wildman–Crippen LogP) is 5.40. The topological polar surface area (TPSA) is 77.5 Å². The third-order valence-corrected chi connectivity index (χ3v) is 4.10. The van der Waals surface area contributed by atoms with Crippen molar-refractivity contribution in [2.45, 2.75) is 19.7 Å². The van der Waals surface area contributed by atoms with Crippen LogP contribution in [0.5, 0.6) is 5.75 Å². The maximum Gasteiger partial charge on any atom is 0.387 e. The van der Waals surface area contributed by atoms with Gasteiger partial charge in [0.1, 0.15) is 17.3 Å². The third-order valence-electron chi connectivity index (χ3n) is 3.86. The standard InChI is InChI=1S/C19H15ClF2N2O4/c20-13-3-7-16(17(9-13)24(25)26)18-8-6-15(27-18)11-23-10-12-1-4-14(5-2-12)28-19(21)22/h1-9,19,23H,10-11H2. The molecule has 1 heterocycles. The molecule has 0 bridgehead atoms. The van der Waals surface area contributed by atoms with Crippen LogP contribution in [-0.2, 0) is 13.1 Å². The monoisotopic (exact) mass is 408 g/mol. The molecule has 0 aliphatic carbocycles. The maximum absolute atomic E-state index is 12.1. The number of benzene rings is 2. The van der Waals surface area contributed by atoms with E-state index in [1.807, 2.05) is 0 Å². The Morgan fingerprint density at radius 1 is 1.11 bits per heavy atom. The van der Waals surface area contributed by atoms with Crippen LogP contribution in [0.25, 0.3) is 11.3 Å². The molecule has 0 spiro atoms. The quantitative estimate of drug-likeness (QED) is 0.399. The van der Waals surface area contributed by atoms with E-state index >= 15 is 0 Å². The number of halogens is 3. The first-order valence-corrected chi connectivity index (χ1v) is 8.57. The number of hydrogen-bond donors (Lipinski definition) is 1. The molecule has 0 saturated heterocycles. The van der Waals surface area contributed by atoms with Crippen molar-refractivity contribution in [2.24, 2.45) is 0 Å². The number of hydrogen-bond acceptors (Lipinski definition) is 5. The maximum atomic E-state index is 12.1. The van der Waals surface area contributed by atoms with E-state index in [4.69, 9.17) is 16.0 Å². The zero-order valence-electron chi connectivity index (χ0n) is 14.4. The Morgan fingerprint density at radius 3 is 2.54 bits per heavy atom. The highest BCUT2D eigenvalue weighted by Crippen LogP contribution is 2.33. The number of nitrogens with one attached hydrogen (secondary N) is 1. The molecule has 9 heteroatoms. The second-order valence-electron chi connectivity index (χ2n) is 5.81. The lowest BCUT2D eigenvalue weighted by molar-refractivity contribution is -0.384. The summed E-state index contributed by atoms with van der Waals surface area (Å²) in [4.78, 5) is 10.7. The zero-order valence-corrected chi connectivity index (χ0v) is 15.2. The van der Waals surface area contributed by atoms with Gasteiger partial charge in [-0.2, -0.15) is 8.78 Å². The molecule has 1 aromatic heterocycles. The first kappa shape index (κ1) is 19.8. The highest BCUT2D eigenvalue weighted by Gasteiger charge is 2.18. The normalized spacial score (nSPS) is 11.0. The minimum atomic E-state index is -2.85. The van der Waals surface area contributed by atoms with E-state index in [0.29, 0.717) is 30.2 Å². The summed E-state index contributed by atoms with van der Waals surface area (Å²) in [6.07, 6.45) is 0. The molecule has 0 aliphatic rings. The lowest BCUT2D eigenvalue weighted by Crippen LogP contribution is -2.12. The Morgan fingerprint density at radius 2 is 1.86 bits per heavy atom. The largest absolute Gasteiger partial charge is 0.459 e. The van der Waals surface area contributed by atoms with Gasteiger partial charge in [0, 0.05) is 17.6 Å². The molecule has 2 aromatic carbocycles. The van der Waals surface area contributed by atoms with Gasteiger partial charge in [0.15, 0.2) is 0 Å². The summed E-state index contributed by atoms with van der Waals surface area (Å²) in [6, 6.07) is 14.0. The van der Waals surface area contributed by atoms with Crippen molar-refractivity contribution in [3.05, 3.63) is 81.1 Å². The van der Waals surface area contributed by atoms with Crippen LogP contribution < -0.4 is 10.1 Å². The SMILES string of the molecule is O=[N+]([O-])c1cc(Cl)ccc1-c1ccc(CNCc2ccc(OC(F)F)cc2)o1. The van der Waals surface area contributed by atoms with Gasteiger partial charge in [0.05, 0.1) is 17.0 Å². The van der Waals surface area contributed by atoms with Gasteiger partial charge in [-0.3, -0.25) is 10.1 Å². The average Bonchev–Trinajstić information content (AvgIpc) is 3.11. The molecule has 0 unspecified atom stereocenters. The molecule has 28 heavy (non-hydrogen) atoms. The minimum Gasteiger partial charge on any atom is -0.459 e. The predicted molar refractivity (Wildman–Crippen MR) is 99.4 cm³/mol. The van der Waals surface area contributed by atoms with Crippen LogP contribution in [0.1, 0.15) is 11.3 Å². The van der Waals surface area contributed by atoms with Crippen LogP contribution in [-0.4, -0.2) is 11.5 Å². The van der Waals surface area contributed by atoms with Crippen molar-refractivity contribution in [1.29, 1.82) is 0 Å². The molecular weight excluding hydrogens is 394 g/mol. The zero-order chi connectivity index (χ0) is 20.1. The van der Waals surface area contributed by atoms with Gasteiger partial charge in [-0.15, -0.1) is 0 Å². The van der Waals surface area contributed by atoms with Crippen molar-refractivity contribution in [2.75, 3.05) is 0 Å². The van der Waals surface area contributed by atoms with Gasteiger partial charge < -0.3 is 14.5 Å². The van der Waals surface area contributed by atoms with E-state index in [1.54, 1.807) is 36.4 Å². The van der Waals surface area contributed by atoms with E-state index in [-0.39, 0.29) is 16.5 Å². The number of alkyl halides is 2. The molecule has 0 saturated carbocycles. The van der Waals surface area contributed by atoms with E-state index in [2.05, 4.69) is 10.1 Å². The molecule has 1 N–H and O–H groups in total. The van der Waals surface area contributed by atoms with Gasteiger partial charge in [-0.05, 0) is 42.0 Å². The second kappa shape index (κ2) is 8.81. The summed E-state index contributed by atoms with van der Waals surface area (Å²) in [6.45, 7) is -1.99. The summed E-state index contributed by atoms with van der Waals surface area (Å²) < 4.78 is 34.3. The van der Waals surface area contributed by atoms with Crippen LogP contribution in [0, 0.1) is 10.1 Å². The Bertz CT molecular complexity index is 961. The summed E-state index contributed by atoms with van der Waals surface area (Å²) >= 11 is 5.82. The smallest absolute Gasteiger partial charge is 0.387 e. The molecule has 6 nitrogen and oxygen atoms in total. The lowest BCUT2D eigenvalue weighted by atomic mass is 10.1. The first-order valence-electron chi connectivity index (χ1n) is 8.20. The molecular formula is C19H15ClF2N2O4. The molecule has 3 aromatic rings. The molecule has 0 amide bonds. The van der Waals surface area contributed by atoms with Crippen molar-refractivity contribution in [1.82, 2.24) is 5.32 Å². The van der Waals surface area contributed by atoms with Gasteiger partial charge in [0.25, 0.3) is 5.69 Å². The highest BCUT2D eigenvalue weighted by molar-refractivity contribution is 6.30. The second-order valence-corrected chi connectivity index (χ2v) is 6.25. The van der Waals surface area contributed by atoms with E-state index in [9.17, 15) is 18.9 Å². The number of nitro benzene ring substituents is 1. The highest BCUT2D eigenvalue weighted by atomic mass is 35.5. The number of nitro groups is 1. The van der Waals surface area contributed by atoms with Crippen molar-refractivity contribution < 1.29 is 22.9 Å². The van der Waals surface area contributed by atoms with Crippen LogP contribution in [0.15, 0.2) is 59.0 Å². The average molecular weight is 409 g/mol. The summed E-state index contributed by atoms with van der Waals surface area (Å²) in [7, 11) is 0. The summed E-state index contributed by atoms with van der Waals surface area (Å²) in [5, 5.41) is 14.6. The summed E-state index contributed by atoms with van der Waals surface area (Å²) in [5.74, 6) is 1.06. The summed E-state index contributed by atoms with van der Waals surface area (Å²) in [5.41, 5.74) is 1.09. The van der Waals surface area contributed by atoms with Gasteiger partial charge in [0.2, 0.25) is 0 Å². The molecule has 3 rings (SSSR count). The first-order chi connectivity index (χ1) is 13.4. The van der Waals surface area contributed by atoms with E-state index < -0.39 is 11.5 Å². The Kier molecular flexibility index (Phi) is 6.23. The van der Waals surface area contributed by atoms with Crippen LogP contribution >= 0.6 is 11.6 Å². The third kappa shape index (κ3) is 5.05. The van der Waals surface area contributed by atoms with E-state index in [0.717, 1.165) is 5.56 Å². The molecule has 0 aliphatic heterocycles. The van der Waals surface area contributed by atoms with Crippen LogP contribution in [0.4, 0.5) is 14.5 Å². The van der Waals surface area contributed by atoms with E-state index in [1.165, 1.54) is 18.2 Å². The fraction of sp³-hybridized carbons (Fsp3) is 0.158. The van der Waals surface area contributed by atoms with Crippen LogP contribution in [0.3, 0.4) is 0 Å². The van der Waals surface area contributed by atoms with Crippen molar-refractivity contribution in [3.8, 4) is 17.1 Å². The lowest BCUT2D eigenvalue weighted by Gasteiger charge is -2.06.